The highest BCUT2D eigenvalue weighted by molar-refractivity contribution is 9.10. The van der Waals surface area contributed by atoms with Gasteiger partial charge in [-0.15, -0.1) is 6.42 Å². The molecular formula is C31H28BrN9O3. The normalized spacial score (nSPS) is 18.1. The predicted molar refractivity (Wildman–Crippen MR) is 167 cm³/mol. The number of halogens is 1. The molecule has 0 aliphatic carbocycles. The van der Waals surface area contributed by atoms with Crippen molar-refractivity contribution in [2.45, 2.75) is 52.7 Å². The van der Waals surface area contributed by atoms with Crippen LogP contribution in [0.3, 0.4) is 0 Å². The van der Waals surface area contributed by atoms with Crippen molar-refractivity contribution in [3.8, 4) is 23.6 Å². The summed E-state index contributed by atoms with van der Waals surface area (Å²) in [6, 6.07) is 5.83. The lowest BCUT2D eigenvalue weighted by Crippen LogP contribution is -2.48. The Kier molecular flexibility index (Phi) is 7.46. The molecule has 0 aromatic carbocycles. The van der Waals surface area contributed by atoms with E-state index in [0.717, 1.165) is 11.3 Å². The van der Waals surface area contributed by atoms with E-state index in [4.69, 9.17) is 6.42 Å². The van der Waals surface area contributed by atoms with Gasteiger partial charge in [0.05, 0.1) is 29.1 Å². The molecule has 3 atom stereocenters. The van der Waals surface area contributed by atoms with Crippen LogP contribution in [0.1, 0.15) is 42.0 Å². The number of terminal acetylenes is 1. The van der Waals surface area contributed by atoms with Crippen molar-refractivity contribution < 1.29 is 14.4 Å². The quantitative estimate of drug-likeness (QED) is 0.165. The minimum Gasteiger partial charge on any atom is -0.315 e. The van der Waals surface area contributed by atoms with Crippen molar-refractivity contribution in [2.24, 2.45) is 5.92 Å². The Hall–Kier alpha value is -4.96. The van der Waals surface area contributed by atoms with Crippen LogP contribution in [0.4, 0.5) is 5.82 Å². The fourth-order valence-electron chi connectivity index (χ4n) is 5.65. The first-order valence-electron chi connectivity index (χ1n) is 13.9. The summed E-state index contributed by atoms with van der Waals surface area (Å²) in [6.45, 7) is 6.82. The highest BCUT2D eigenvalue weighted by Gasteiger charge is 2.44. The van der Waals surface area contributed by atoms with Gasteiger partial charge in [0, 0.05) is 36.3 Å². The molecule has 6 heterocycles. The largest absolute Gasteiger partial charge is 0.315 e. The molecule has 0 bridgehead atoms. The van der Waals surface area contributed by atoms with Crippen molar-refractivity contribution in [1.29, 1.82) is 0 Å². The van der Waals surface area contributed by atoms with Crippen LogP contribution in [0.5, 0.6) is 0 Å². The van der Waals surface area contributed by atoms with Gasteiger partial charge in [-0.2, -0.15) is 10.2 Å². The number of rotatable bonds is 6. The molecule has 6 rings (SSSR count). The first-order chi connectivity index (χ1) is 21.0. The van der Waals surface area contributed by atoms with E-state index in [1.54, 1.807) is 29.0 Å². The van der Waals surface area contributed by atoms with Crippen LogP contribution in [-0.2, 0) is 16.1 Å². The van der Waals surface area contributed by atoms with Crippen LogP contribution >= 0.6 is 15.9 Å². The number of nitrogens with one attached hydrogen (secondary N) is 1. The second-order valence-corrected chi connectivity index (χ2v) is 11.8. The summed E-state index contributed by atoms with van der Waals surface area (Å²) in [5.41, 5.74) is 4.29. The number of hydrogen-bond acceptors (Lipinski definition) is 8. The smallest absolute Gasteiger partial charge is 0.248 e. The molecule has 0 saturated carbocycles. The molecular weight excluding hydrogens is 626 g/mol. The number of Topliss-reactive ketones (excluding diaryl/α,β-unsaturated/α-hetero) is 1. The summed E-state index contributed by atoms with van der Waals surface area (Å²) in [5.74, 6) is 1.93. The summed E-state index contributed by atoms with van der Waals surface area (Å²) in [4.78, 5) is 54.9. The molecule has 1 aliphatic heterocycles. The highest BCUT2D eigenvalue weighted by atomic mass is 79.9. The maximum absolute atomic E-state index is 13.9. The molecule has 2 amide bonds. The van der Waals surface area contributed by atoms with Crippen molar-refractivity contribution in [2.75, 3.05) is 5.32 Å². The Morgan fingerprint density at radius 2 is 1.93 bits per heavy atom. The fourth-order valence-corrected chi connectivity index (χ4v) is 5.96. The minimum absolute atomic E-state index is 0.118. The molecule has 1 aliphatic rings. The molecule has 1 N–H and O–H groups in total. The third-order valence-electron chi connectivity index (χ3n) is 7.82. The van der Waals surface area contributed by atoms with Crippen LogP contribution in [0, 0.1) is 32.1 Å². The topological polar surface area (TPSA) is 140 Å². The average molecular weight is 655 g/mol. The van der Waals surface area contributed by atoms with Crippen LogP contribution < -0.4 is 5.32 Å². The van der Waals surface area contributed by atoms with Crippen LogP contribution in [0.2, 0.25) is 0 Å². The lowest BCUT2D eigenvalue weighted by Gasteiger charge is -2.28. The van der Waals surface area contributed by atoms with Crippen LogP contribution in [-0.4, -0.2) is 68.9 Å². The van der Waals surface area contributed by atoms with Crippen molar-refractivity contribution in [3.63, 3.8) is 0 Å². The second-order valence-electron chi connectivity index (χ2n) is 11.0. The van der Waals surface area contributed by atoms with Crippen molar-refractivity contribution in [1.82, 2.24) is 39.2 Å². The number of likely N-dealkylation sites (tertiary alicyclic amines) is 1. The molecule has 5 aromatic heterocycles. The number of anilines is 1. The molecule has 0 spiro atoms. The highest BCUT2D eigenvalue weighted by Crippen LogP contribution is 2.32. The Labute approximate surface area is 261 Å². The van der Waals surface area contributed by atoms with E-state index in [-0.39, 0.29) is 29.8 Å². The number of carbonyl (C=O) groups excluding carboxylic acids is 3. The zero-order chi connectivity index (χ0) is 31.3. The molecule has 0 unspecified atom stereocenters. The predicted octanol–water partition coefficient (Wildman–Crippen LogP) is 4.00. The number of nitrogens with zero attached hydrogens (tertiary/aromatic N) is 8. The SMILES string of the molecule is C#C[C@@H]1[C@@H](C)C[C@@H](C(=O)Nc2nc(Br)ccc2C)N1C(=O)Cn1nc(C(C)=O)c2cc(-c3cnc4cc(C)nn4c3)ncc21. The standard InChI is InChI=1S/C31H28BrN9O3/c1-6-23-17(3)9-24(31(44)36-30-16(2)7-8-26(32)35-30)41(23)28(43)15-39-25-13-33-22(11-21(25)29(38-39)19(5)42)20-12-34-27-10-18(4)37-40(27)14-20/h1,7-8,10-14,17,23-24H,9,15H2,2-5H3,(H,35,36,44)/t17-,23+,24-/m0/s1. The molecule has 13 heteroatoms. The third-order valence-corrected chi connectivity index (χ3v) is 8.26. The maximum Gasteiger partial charge on any atom is 0.248 e. The molecule has 1 fully saturated rings. The van der Waals surface area contributed by atoms with E-state index >= 15 is 0 Å². The molecule has 44 heavy (non-hydrogen) atoms. The number of aromatic nitrogens is 7. The van der Waals surface area contributed by atoms with E-state index in [2.05, 4.69) is 52.3 Å². The summed E-state index contributed by atoms with van der Waals surface area (Å²) >= 11 is 3.33. The van der Waals surface area contributed by atoms with Gasteiger partial charge in [-0.25, -0.2) is 14.5 Å². The minimum atomic E-state index is -0.814. The Morgan fingerprint density at radius 1 is 1.14 bits per heavy atom. The second kappa shape index (κ2) is 11.3. The van der Waals surface area contributed by atoms with Gasteiger partial charge in [0.15, 0.2) is 11.4 Å². The number of amides is 2. The van der Waals surface area contributed by atoms with E-state index < -0.39 is 18.0 Å². The molecule has 222 valence electrons. The van der Waals surface area contributed by atoms with Gasteiger partial charge < -0.3 is 10.2 Å². The van der Waals surface area contributed by atoms with Gasteiger partial charge in [-0.3, -0.25) is 24.0 Å². The maximum atomic E-state index is 13.9. The van der Waals surface area contributed by atoms with Gasteiger partial charge in [-0.05, 0) is 59.8 Å². The van der Waals surface area contributed by atoms with Gasteiger partial charge in [0.25, 0.3) is 0 Å². The number of ketones is 1. The Bertz CT molecular complexity index is 2030. The molecule has 5 aromatic rings. The molecule has 12 nitrogen and oxygen atoms in total. The number of pyridine rings is 2. The zero-order valence-corrected chi connectivity index (χ0v) is 26.0. The summed E-state index contributed by atoms with van der Waals surface area (Å²) in [5, 5.41) is 12.3. The molecule has 1 saturated heterocycles. The van der Waals surface area contributed by atoms with Crippen LogP contribution in [0.15, 0.2) is 47.5 Å². The van der Waals surface area contributed by atoms with E-state index in [0.29, 0.717) is 44.6 Å². The van der Waals surface area contributed by atoms with Gasteiger partial charge >= 0.3 is 0 Å². The first kappa shape index (κ1) is 29.1. The first-order valence-corrected chi connectivity index (χ1v) is 14.7. The summed E-state index contributed by atoms with van der Waals surface area (Å²) in [7, 11) is 0. The lowest BCUT2D eigenvalue weighted by molar-refractivity contribution is -0.138. The number of fused-ring (bicyclic) bond motifs is 2. The van der Waals surface area contributed by atoms with Gasteiger partial charge in [-0.1, -0.05) is 18.9 Å². The Balaban J connectivity index is 1.32. The van der Waals surface area contributed by atoms with Crippen molar-refractivity contribution in [3.05, 3.63) is 64.4 Å². The third kappa shape index (κ3) is 5.22. The van der Waals surface area contributed by atoms with Gasteiger partial charge in [0.1, 0.15) is 28.7 Å². The number of aryl methyl sites for hydroxylation is 2. The van der Waals surface area contributed by atoms with E-state index in [9.17, 15) is 14.4 Å². The lowest BCUT2D eigenvalue weighted by atomic mass is 10.0. The number of carbonyl (C=O) groups is 3. The monoisotopic (exact) mass is 653 g/mol. The summed E-state index contributed by atoms with van der Waals surface area (Å²) in [6.07, 6.45) is 11.3. The Morgan fingerprint density at radius 3 is 2.68 bits per heavy atom. The van der Waals surface area contributed by atoms with E-state index in [1.807, 2.05) is 39.1 Å². The van der Waals surface area contributed by atoms with Gasteiger partial charge in [0.2, 0.25) is 11.8 Å². The number of hydrogen-bond donors (Lipinski definition) is 1. The van der Waals surface area contributed by atoms with Crippen LogP contribution in [0.25, 0.3) is 27.8 Å². The fraction of sp³-hybridized carbons (Fsp3) is 0.290. The van der Waals surface area contributed by atoms with E-state index in [1.165, 1.54) is 16.5 Å². The molecule has 0 radical (unpaired) electrons. The summed E-state index contributed by atoms with van der Waals surface area (Å²) < 4.78 is 3.68. The average Bonchev–Trinajstić information content (AvgIpc) is 3.65. The van der Waals surface area contributed by atoms with Crippen molar-refractivity contribution >= 4 is 55.9 Å². The zero-order valence-electron chi connectivity index (χ0n) is 24.4.